The Morgan fingerprint density at radius 3 is 2.93 bits per heavy atom. The molecule has 1 amide bonds. The molecule has 1 unspecified atom stereocenters. The van der Waals surface area contributed by atoms with E-state index in [0.29, 0.717) is 24.5 Å². The Labute approximate surface area is 169 Å². The fourth-order valence-corrected chi connectivity index (χ4v) is 4.68. The number of nitrogens with zero attached hydrogens (tertiary/aromatic N) is 2. The lowest BCUT2D eigenvalue weighted by Crippen LogP contribution is -2.55. The molecule has 2 aliphatic heterocycles. The van der Waals surface area contributed by atoms with Crippen molar-refractivity contribution in [2.75, 3.05) is 26.2 Å². The van der Waals surface area contributed by atoms with Gasteiger partial charge in [0.25, 0.3) is 5.91 Å². The van der Waals surface area contributed by atoms with Gasteiger partial charge in [0.1, 0.15) is 5.75 Å². The van der Waals surface area contributed by atoms with E-state index < -0.39 is 5.60 Å². The average molecular weight is 396 g/mol. The molecule has 1 saturated heterocycles. The van der Waals surface area contributed by atoms with Gasteiger partial charge in [0, 0.05) is 66.9 Å². The number of piperazine rings is 1. The molecule has 0 saturated carbocycles. The Morgan fingerprint density at radius 1 is 1.29 bits per heavy atom. The SMILES string of the molecule is CC1(C(=O)N2CCNCC2)Cc2cc(Cl)cc(-c3ccnc4c3C=CC4)c2O1. The number of amides is 1. The smallest absolute Gasteiger partial charge is 0.266 e. The maximum absolute atomic E-state index is 13.2. The molecule has 0 bridgehead atoms. The van der Waals surface area contributed by atoms with E-state index in [0.717, 1.165) is 53.2 Å². The van der Waals surface area contributed by atoms with Crippen LogP contribution in [0.5, 0.6) is 5.75 Å². The Morgan fingerprint density at radius 2 is 2.11 bits per heavy atom. The molecule has 5 rings (SSSR count). The van der Waals surface area contributed by atoms with Gasteiger partial charge in [-0.15, -0.1) is 0 Å². The molecule has 2 aromatic rings. The van der Waals surface area contributed by atoms with Gasteiger partial charge < -0.3 is 15.0 Å². The van der Waals surface area contributed by atoms with E-state index in [-0.39, 0.29) is 5.91 Å². The molecule has 1 fully saturated rings. The molecule has 3 heterocycles. The Bertz CT molecular complexity index is 998. The zero-order valence-corrected chi connectivity index (χ0v) is 16.6. The second kappa shape index (κ2) is 6.61. The van der Waals surface area contributed by atoms with Gasteiger partial charge in [-0.1, -0.05) is 23.8 Å². The second-order valence-electron chi connectivity index (χ2n) is 7.82. The van der Waals surface area contributed by atoms with Crippen molar-refractivity contribution in [1.82, 2.24) is 15.2 Å². The zero-order valence-electron chi connectivity index (χ0n) is 15.8. The van der Waals surface area contributed by atoms with E-state index in [2.05, 4.69) is 22.5 Å². The van der Waals surface area contributed by atoms with Crippen LogP contribution in [0.1, 0.15) is 23.7 Å². The topological polar surface area (TPSA) is 54.5 Å². The van der Waals surface area contributed by atoms with Crippen molar-refractivity contribution in [2.24, 2.45) is 0 Å². The van der Waals surface area contributed by atoms with Gasteiger partial charge in [-0.2, -0.15) is 0 Å². The lowest BCUT2D eigenvalue weighted by atomic mass is 9.94. The number of rotatable bonds is 2. The first-order chi connectivity index (χ1) is 13.5. The number of benzene rings is 1. The summed E-state index contributed by atoms with van der Waals surface area (Å²) in [4.78, 5) is 19.6. The molecule has 1 atom stereocenters. The summed E-state index contributed by atoms with van der Waals surface area (Å²) in [6.07, 6.45) is 7.41. The molecule has 1 aromatic heterocycles. The number of halogens is 1. The number of ether oxygens (including phenoxy) is 1. The number of aromatic nitrogens is 1. The summed E-state index contributed by atoms with van der Waals surface area (Å²) in [5.41, 5.74) is 4.24. The first-order valence-electron chi connectivity index (χ1n) is 9.71. The lowest BCUT2D eigenvalue weighted by Gasteiger charge is -2.34. The van der Waals surface area contributed by atoms with Crippen molar-refractivity contribution in [3.8, 4) is 16.9 Å². The van der Waals surface area contributed by atoms with Crippen molar-refractivity contribution < 1.29 is 9.53 Å². The van der Waals surface area contributed by atoms with Crippen LogP contribution in [0.3, 0.4) is 0 Å². The van der Waals surface area contributed by atoms with Crippen LogP contribution in [0.25, 0.3) is 17.2 Å². The molecule has 0 spiro atoms. The van der Waals surface area contributed by atoms with E-state index in [1.54, 1.807) is 0 Å². The average Bonchev–Trinajstić information content (AvgIpc) is 3.31. The van der Waals surface area contributed by atoms with Crippen LogP contribution >= 0.6 is 11.6 Å². The van der Waals surface area contributed by atoms with Gasteiger partial charge in [-0.3, -0.25) is 9.78 Å². The minimum atomic E-state index is -0.898. The number of pyridine rings is 1. The second-order valence-corrected chi connectivity index (χ2v) is 8.26. The summed E-state index contributed by atoms with van der Waals surface area (Å²) in [7, 11) is 0. The number of hydrogen-bond donors (Lipinski definition) is 1. The molecule has 1 aromatic carbocycles. The predicted molar refractivity (Wildman–Crippen MR) is 110 cm³/mol. The van der Waals surface area contributed by atoms with Crippen LogP contribution in [0.2, 0.25) is 5.02 Å². The molecule has 0 radical (unpaired) electrons. The highest BCUT2D eigenvalue weighted by Gasteiger charge is 2.45. The molecule has 1 aliphatic carbocycles. The monoisotopic (exact) mass is 395 g/mol. The molecule has 6 heteroatoms. The van der Waals surface area contributed by atoms with E-state index >= 15 is 0 Å². The molecule has 144 valence electrons. The maximum atomic E-state index is 13.2. The van der Waals surface area contributed by atoms with Crippen LogP contribution < -0.4 is 10.1 Å². The van der Waals surface area contributed by atoms with E-state index in [4.69, 9.17) is 16.3 Å². The Hall–Kier alpha value is -2.37. The number of carbonyl (C=O) groups excluding carboxylic acids is 1. The van der Waals surface area contributed by atoms with Gasteiger partial charge in [-0.05, 0) is 30.7 Å². The summed E-state index contributed by atoms with van der Waals surface area (Å²) in [6, 6.07) is 5.86. The van der Waals surface area contributed by atoms with Crippen molar-refractivity contribution in [3.63, 3.8) is 0 Å². The van der Waals surface area contributed by atoms with Gasteiger partial charge in [0.15, 0.2) is 5.60 Å². The first kappa shape index (κ1) is 17.7. The number of hydrogen-bond acceptors (Lipinski definition) is 4. The number of allylic oxidation sites excluding steroid dienone is 1. The fourth-order valence-electron chi connectivity index (χ4n) is 4.44. The third kappa shape index (κ3) is 2.81. The summed E-state index contributed by atoms with van der Waals surface area (Å²) >= 11 is 6.46. The third-order valence-corrected chi connectivity index (χ3v) is 6.02. The third-order valence-electron chi connectivity index (χ3n) is 5.80. The van der Waals surface area contributed by atoms with Crippen molar-refractivity contribution >= 4 is 23.6 Å². The normalized spacial score (nSPS) is 22.7. The largest absolute Gasteiger partial charge is 0.476 e. The summed E-state index contributed by atoms with van der Waals surface area (Å²) < 4.78 is 6.40. The van der Waals surface area contributed by atoms with Gasteiger partial charge >= 0.3 is 0 Å². The number of fused-ring (bicyclic) bond motifs is 2. The summed E-state index contributed by atoms with van der Waals surface area (Å²) in [6.45, 7) is 4.96. The maximum Gasteiger partial charge on any atom is 0.266 e. The molecule has 28 heavy (non-hydrogen) atoms. The lowest BCUT2D eigenvalue weighted by molar-refractivity contribution is -0.146. The Balaban J connectivity index is 1.55. The molecule has 1 N–H and O–H groups in total. The predicted octanol–water partition coefficient (Wildman–Crippen LogP) is 3.10. The van der Waals surface area contributed by atoms with Crippen molar-refractivity contribution in [2.45, 2.75) is 25.4 Å². The minimum absolute atomic E-state index is 0.0483. The van der Waals surface area contributed by atoms with E-state index in [1.165, 1.54) is 0 Å². The molecule has 3 aliphatic rings. The number of carbonyl (C=O) groups is 1. The highest BCUT2D eigenvalue weighted by atomic mass is 35.5. The van der Waals surface area contributed by atoms with Crippen LogP contribution in [-0.4, -0.2) is 47.6 Å². The van der Waals surface area contributed by atoms with Crippen molar-refractivity contribution in [1.29, 1.82) is 0 Å². The van der Waals surface area contributed by atoms with Crippen LogP contribution in [0.4, 0.5) is 0 Å². The van der Waals surface area contributed by atoms with Crippen molar-refractivity contribution in [3.05, 3.63) is 52.3 Å². The van der Waals surface area contributed by atoms with Gasteiger partial charge in [0.2, 0.25) is 0 Å². The fraction of sp³-hybridized carbons (Fsp3) is 0.364. The standard InChI is InChI=1S/C22H22ClN3O2/c1-22(21(27)26-9-7-24-8-10-26)13-14-11-15(23)12-18(20(14)28-22)16-5-6-25-19-4-2-3-17(16)19/h2-3,5-6,11-12,24H,4,7-10,13H2,1H3. The minimum Gasteiger partial charge on any atom is -0.476 e. The zero-order chi connectivity index (χ0) is 19.3. The van der Waals surface area contributed by atoms with E-state index in [9.17, 15) is 4.79 Å². The summed E-state index contributed by atoms with van der Waals surface area (Å²) in [5.74, 6) is 0.816. The highest BCUT2D eigenvalue weighted by Crippen LogP contribution is 2.46. The first-order valence-corrected chi connectivity index (χ1v) is 10.1. The highest BCUT2D eigenvalue weighted by molar-refractivity contribution is 6.31. The van der Waals surface area contributed by atoms with Crippen LogP contribution in [0, 0.1) is 0 Å². The summed E-state index contributed by atoms with van der Waals surface area (Å²) in [5, 5.41) is 3.94. The van der Waals surface area contributed by atoms with Gasteiger partial charge in [-0.25, -0.2) is 0 Å². The van der Waals surface area contributed by atoms with Crippen LogP contribution in [-0.2, 0) is 17.6 Å². The quantitative estimate of drug-likeness (QED) is 0.849. The molecular weight excluding hydrogens is 374 g/mol. The Kier molecular flexibility index (Phi) is 4.18. The molecule has 5 nitrogen and oxygen atoms in total. The molecular formula is C22H22ClN3O2. The van der Waals surface area contributed by atoms with Crippen LogP contribution in [0.15, 0.2) is 30.5 Å². The van der Waals surface area contributed by atoms with Gasteiger partial charge in [0.05, 0.1) is 5.69 Å². The number of nitrogens with one attached hydrogen (secondary N) is 1. The van der Waals surface area contributed by atoms with E-state index in [1.807, 2.05) is 36.2 Å².